The minimum atomic E-state index is 0.628. The van der Waals surface area contributed by atoms with Crippen LogP contribution in [0.25, 0.3) is 91.9 Å². The molecular weight excluding hydrogens is 593 g/mol. The third kappa shape index (κ3) is 3.72. The second kappa shape index (κ2) is 9.92. The molecule has 0 spiro atoms. The maximum Gasteiger partial charge on any atom is 0.159 e. The van der Waals surface area contributed by atoms with Crippen molar-refractivity contribution in [3.8, 4) is 34.0 Å². The Hall–Kier alpha value is -6.15. The average molecular weight is 617 g/mol. The standard InChI is InChI=1S/C43H24N2OS/c44-25-26-20-21-30-29-12-4-6-16-35(29)45(37(30)24-26)36-17-8-15-34-41-32(23-22-28(43(41)46-42(34)36)27-10-2-1-3-11-27)31-14-9-19-39-40(31)33-13-5-7-18-38(33)47-39/h1-24H. The van der Waals surface area contributed by atoms with Crippen LogP contribution in [0.4, 0.5) is 0 Å². The molecule has 0 aliphatic carbocycles. The van der Waals surface area contributed by atoms with Crippen molar-refractivity contribution in [3.63, 3.8) is 0 Å². The summed E-state index contributed by atoms with van der Waals surface area (Å²) < 4.78 is 11.9. The van der Waals surface area contributed by atoms with Gasteiger partial charge in [-0.25, -0.2) is 0 Å². The lowest BCUT2D eigenvalue weighted by Gasteiger charge is -2.10. The van der Waals surface area contributed by atoms with Crippen molar-refractivity contribution in [2.75, 3.05) is 0 Å². The average Bonchev–Trinajstić information content (AvgIpc) is 3.81. The Bertz CT molecular complexity index is 2920. The monoisotopic (exact) mass is 616 g/mol. The summed E-state index contributed by atoms with van der Waals surface area (Å²) in [6, 6.07) is 53.4. The third-order valence-electron chi connectivity index (χ3n) is 9.45. The van der Waals surface area contributed by atoms with E-state index >= 15 is 0 Å². The largest absolute Gasteiger partial charge is 0.453 e. The summed E-state index contributed by atoms with van der Waals surface area (Å²) in [6.07, 6.45) is 0. The van der Waals surface area contributed by atoms with Crippen molar-refractivity contribution in [3.05, 3.63) is 151 Å². The summed E-state index contributed by atoms with van der Waals surface area (Å²) in [5.41, 5.74) is 9.84. The molecule has 0 unspecified atom stereocenters. The Morgan fingerprint density at radius 3 is 2.11 bits per heavy atom. The molecule has 0 aliphatic heterocycles. The van der Waals surface area contributed by atoms with Gasteiger partial charge in [0.05, 0.1) is 28.4 Å². The Morgan fingerprint density at radius 1 is 0.511 bits per heavy atom. The zero-order chi connectivity index (χ0) is 31.1. The summed E-state index contributed by atoms with van der Waals surface area (Å²) in [4.78, 5) is 0. The van der Waals surface area contributed by atoms with Gasteiger partial charge in [-0.2, -0.15) is 5.26 Å². The SMILES string of the molecule is N#Cc1ccc2c3ccccc3n(-c3cccc4c3oc3c(-c5ccccc5)ccc(-c5cccc6sc7ccccc7c56)c34)c2c1. The van der Waals surface area contributed by atoms with E-state index in [0.29, 0.717) is 5.56 Å². The van der Waals surface area contributed by atoms with Gasteiger partial charge in [0.15, 0.2) is 5.58 Å². The zero-order valence-corrected chi connectivity index (χ0v) is 25.9. The number of rotatable bonds is 3. The molecule has 0 N–H and O–H groups in total. The maximum atomic E-state index is 9.83. The topological polar surface area (TPSA) is 41.9 Å². The van der Waals surface area contributed by atoms with E-state index in [9.17, 15) is 5.26 Å². The highest BCUT2D eigenvalue weighted by atomic mass is 32.1. The molecule has 3 heterocycles. The Labute approximate surface area is 273 Å². The van der Waals surface area contributed by atoms with Gasteiger partial charge in [-0.3, -0.25) is 0 Å². The predicted molar refractivity (Wildman–Crippen MR) is 197 cm³/mol. The first kappa shape index (κ1) is 26.1. The van der Waals surface area contributed by atoms with E-state index in [2.05, 4.69) is 138 Å². The minimum absolute atomic E-state index is 0.628. The van der Waals surface area contributed by atoms with Crippen molar-refractivity contribution in [2.45, 2.75) is 0 Å². The van der Waals surface area contributed by atoms with Crippen molar-refractivity contribution < 1.29 is 4.42 Å². The number of hydrogen-bond donors (Lipinski definition) is 0. The van der Waals surface area contributed by atoms with Crippen molar-refractivity contribution in [1.29, 1.82) is 5.26 Å². The van der Waals surface area contributed by atoms with E-state index in [1.54, 1.807) is 0 Å². The van der Waals surface area contributed by atoms with Crippen LogP contribution in [0.3, 0.4) is 0 Å². The molecule has 4 heteroatoms. The van der Waals surface area contributed by atoms with Gasteiger partial charge in [0.25, 0.3) is 0 Å². The Kier molecular flexibility index (Phi) is 5.51. The summed E-state index contributed by atoms with van der Waals surface area (Å²) in [5, 5.41) is 16.8. The second-order valence-electron chi connectivity index (χ2n) is 12.0. The minimum Gasteiger partial charge on any atom is -0.453 e. The third-order valence-corrected chi connectivity index (χ3v) is 10.6. The number of nitrogens with zero attached hydrogens (tertiary/aromatic N) is 2. The number of nitriles is 1. The van der Waals surface area contributed by atoms with Crippen molar-refractivity contribution >= 4 is 75.3 Å². The highest BCUT2D eigenvalue weighted by Crippen LogP contribution is 2.47. The molecule has 0 saturated heterocycles. The van der Waals surface area contributed by atoms with Gasteiger partial charge in [-0.1, -0.05) is 103 Å². The molecule has 0 atom stereocenters. The molecule has 0 bridgehead atoms. The molecule has 0 radical (unpaired) electrons. The lowest BCUT2D eigenvalue weighted by Crippen LogP contribution is -1.94. The van der Waals surface area contributed by atoms with E-state index in [0.717, 1.165) is 66.1 Å². The fraction of sp³-hybridized carbons (Fsp3) is 0. The summed E-state index contributed by atoms with van der Waals surface area (Å²) in [7, 11) is 0. The van der Waals surface area contributed by atoms with E-state index in [4.69, 9.17) is 4.42 Å². The number of fused-ring (bicyclic) bond motifs is 9. The van der Waals surface area contributed by atoms with Crippen molar-refractivity contribution in [1.82, 2.24) is 4.57 Å². The number of furan rings is 1. The predicted octanol–water partition coefficient (Wildman–Crippen LogP) is 12.3. The van der Waals surface area contributed by atoms with Gasteiger partial charge in [0, 0.05) is 47.3 Å². The molecule has 10 aromatic rings. The molecule has 0 fully saturated rings. The molecule has 0 aliphatic rings. The fourth-order valence-corrected chi connectivity index (χ4v) is 8.56. The summed E-state index contributed by atoms with van der Waals surface area (Å²) in [6.45, 7) is 0. The van der Waals surface area contributed by atoms with Gasteiger partial charge >= 0.3 is 0 Å². The van der Waals surface area contributed by atoms with Gasteiger partial charge < -0.3 is 8.98 Å². The number of thiophene rings is 1. The first-order valence-electron chi connectivity index (χ1n) is 15.7. The molecule has 10 rings (SSSR count). The van der Waals surface area contributed by atoms with Crippen LogP contribution in [0, 0.1) is 11.3 Å². The van der Waals surface area contributed by atoms with Crippen LogP contribution in [-0.4, -0.2) is 4.57 Å². The summed E-state index contributed by atoms with van der Waals surface area (Å²) in [5.74, 6) is 0. The highest BCUT2D eigenvalue weighted by Gasteiger charge is 2.23. The molecular formula is C43H24N2OS. The normalized spacial score (nSPS) is 11.8. The van der Waals surface area contributed by atoms with Crippen molar-refractivity contribution in [2.24, 2.45) is 0 Å². The maximum absolute atomic E-state index is 9.83. The van der Waals surface area contributed by atoms with Crippen LogP contribution < -0.4 is 0 Å². The lowest BCUT2D eigenvalue weighted by molar-refractivity contribution is 0.667. The molecule has 47 heavy (non-hydrogen) atoms. The fourth-order valence-electron chi connectivity index (χ4n) is 7.43. The van der Waals surface area contributed by atoms with Crippen LogP contribution in [0.5, 0.6) is 0 Å². The Morgan fingerprint density at radius 2 is 1.21 bits per heavy atom. The quantitative estimate of drug-likeness (QED) is 0.198. The molecule has 0 saturated carbocycles. The van der Waals surface area contributed by atoms with E-state index in [-0.39, 0.29) is 0 Å². The van der Waals surface area contributed by atoms with Gasteiger partial charge in [0.2, 0.25) is 0 Å². The van der Waals surface area contributed by atoms with E-state index in [1.807, 2.05) is 29.5 Å². The molecule has 0 amide bonds. The highest BCUT2D eigenvalue weighted by molar-refractivity contribution is 7.25. The van der Waals surface area contributed by atoms with Gasteiger partial charge in [0.1, 0.15) is 5.58 Å². The van der Waals surface area contributed by atoms with E-state index in [1.165, 1.54) is 25.7 Å². The Balaban J connectivity index is 1.36. The first-order chi connectivity index (χ1) is 23.3. The first-order valence-corrected chi connectivity index (χ1v) is 16.5. The number of para-hydroxylation sites is 2. The van der Waals surface area contributed by atoms with Crippen LogP contribution in [0.2, 0.25) is 0 Å². The number of hydrogen-bond acceptors (Lipinski definition) is 3. The van der Waals surface area contributed by atoms with Crippen LogP contribution in [-0.2, 0) is 0 Å². The van der Waals surface area contributed by atoms with Gasteiger partial charge in [-0.15, -0.1) is 11.3 Å². The molecule has 3 aromatic heterocycles. The lowest BCUT2D eigenvalue weighted by atomic mass is 9.92. The smallest absolute Gasteiger partial charge is 0.159 e. The molecule has 3 nitrogen and oxygen atoms in total. The molecule has 218 valence electrons. The molecule has 7 aromatic carbocycles. The van der Waals surface area contributed by atoms with E-state index < -0.39 is 0 Å². The number of aromatic nitrogens is 1. The number of benzene rings is 7. The van der Waals surface area contributed by atoms with Gasteiger partial charge in [-0.05, 0) is 59.2 Å². The van der Waals surface area contributed by atoms with Crippen LogP contribution in [0.1, 0.15) is 5.56 Å². The zero-order valence-electron chi connectivity index (χ0n) is 25.1. The second-order valence-corrected chi connectivity index (χ2v) is 13.0. The van der Waals surface area contributed by atoms with Crippen LogP contribution in [0.15, 0.2) is 150 Å². The van der Waals surface area contributed by atoms with Crippen LogP contribution >= 0.6 is 11.3 Å². The summed E-state index contributed by atoms with van der Waals surface area (Å²) >= 11 is 1.84.